The standard InChI is InChI=1S/C17H27N3O2/c1-14-7-6-8-15(2)20(14)17(21)19(11-12-22-3)13-16-9-4-5-10-18-16/h4-5,9-10,14-15H,6-8,11-13H2,1-3H3. The summed E-state index contributed by atoms with van der Waals surface area (Å²) in [5.41, 5.74) is 0.907. The van der Waals surface area contributed by atoms with Crippen LogP contribution in [-0.4, -0.2) is 53.2 Å². The topological polar surface area (TPSA) is 45.7 Å². The van der Waals surface area contributed by atoms with Crippen LogP contribution in [-0.2, 0) is 11.3 Å². The number of amides is 2. The van der Waals surface area contributed by atoms with Crippen LogP contribution in [0.1, 0.15) is 38.8 Å². The number of hydrogen-bond donors (Lipinski definition) is 0. The highest BCUT2D eigenvalue weighted by Crippen LogP contribution is 2.24. The minimum Gasteiger partial charge on any atom is -0.383 e. The molecule has 0 N–H and O–H groups in total. The number of piperidine rings is 1. The second-order valence-corrected chi connectivity index (χ2v) is 6.05. The SMILES string of the molecule is COCCN(Cc1ccccn1)C(=O)N1C(C)CCCC1C. The summed E-state index contributed by atoms with van der Waals surface area (Å²) in [6, 6.07) is 6.49. The van der Waals surface area contributed by atoms with E-state index in [1.165, 1.54) is 6.42 Å². The fourth-order valence-corrected chi connectivity index (χ4v) is 3.09. The number of methoxy groups -OCH3 is 1. The molecule has 1 fully saturated rings. The number of hydrogen-bond acceptors (Lipinski definition) is 3. The Balaban J connectivity index is 2.11. The molecule has 2 unspecified atom stereocenters. The maximum atomic E-state index is 13.0. The van der Waals surface area contributed by atoms with E-state index < -0.39 is 0 Å². The third kappa shape index (κ3) is 4.19. The second kappa shape index (κ2) is 8.13. The van der Waals surface area contributed by atoms with Gasteiger partial charge in [-0.15, -0.1) is 0 Å². The Kier molecular flexibility index (Phi) is 6.19. The predicted octanol–water partition coefficient (Wildman–Crippen LogP) is 2.91. The highest BCUT2D eigenvalue weighted by molar-refractivity contribution is 5.75. The van der Waals surface area contributed by atoms with Crippen molar-refractivity contribution in [3.8, 4) is 0 Å². The van der Waals surface area contributed by atoms with Gasteiger partial charge >= 0.3 is 6.03 Å². The first-order valence-electron chi connectivity index (χ1n) is 8.09. The van der Waals surface area contributed by atoms with Gasteiger partial charge in [-0.3, -0.25) is 4.98 Å². The number of pyridine rings is 1. The molecule has 2 amide bonds. The quantitative estimate of drug-likeness (QED) is 0.840. The molecule has 1 aromatic rings. The number of carbonyl (C=O) groups excluding carboxylic acids is 1. The molecule has 1 aliphatic heterocycles. The molecule has 0 saturated carbocycles. The van der Waals surface area contributed by atoms with E-state index in [1.54, 1.807) is 13.3 Å². The van der Waals surface area contributed by atoms with E-state index in [4.69, 9.17) is 4.74 Å². The van der Waals surface area contributed by atoms with Crippen molar-refractivity contribution in [2.45, 2.75) is 51.7 Å². The van der Waals surface area contributed by atoms with Crippen molar-refractivity contribution in [3.63, 3.8) is 0 Å². The average molecular weight is 305 g/mol. The highest BCUT2D eigenvalue weighted by Gasteiger charge is 2.32. The number of likely N-dealkylation sites (tertiary alicyclic amines) is 1. The maximum absolute atomic E-state index is 13.0. The summed E-state index contributed by atoms with van der Waals surface area (Å²) in [5.74, 6) is 0. The first kappa shape index (κ1) is 16.7. The van der Waals surface area contributed by atoms with E-state index in [1.807, 2.05) is 28.0 Å². The van der Waals surface area contributed by atoms with Crippen LogP contribution >= 0.6 is 0 Å². The molecule has 0 aliphatic carbocycles. The zero-order valence-corrected chi connectivity index (χ0v) is 13.9. The Labute approximate surface area is 133 Å². The average Bonchev–Trinajstić information content (AvgIpc) is 2.52. The van der Waals surface area contributed by atoms with Gasteiger partial charge in [-0.1, -0.05) is 6.07 Å². The van der Waals surface area contributed by atoms with Crippen LogP contribution in [0.15, 0.2) is 24.4 Å². The third-order valence-electron chi connectivity index (χ3n) is 4.33. The van der Waals surface area contributed by atoms with Gasteiger partial charge in [-0.25, -0.2) is 4.79 Å². The van der Waals surface area contributed by atoms with Crippen molar-refractivity contribution < 1.29 is 9.53 Å². The lowest BCUT2D eigenvalue weighted by molar-refractivity contribution is 0.0791. The molecule has 1 aliphatic rings. The Morgan fingerprint density at radius 3 is 2.68 bits per heavy atom. The number of ether oxygens (including phenoxy) is 1. The van der Waals surface area contributed by atoms with Gasteiger partial charge in [-0.2, -0.15) is 0 Å². The van der Waals surface area contributed by atoms with Crippen LogP contribution in [0.5, 0.6) is 0 Å². The van der Waals surface area contributed by atoms with E-state index in [9.17, 15) is 4.79 Å². The van der Waals surface area contributed by atoms with Crippen LogP contribution in [0.25, 0.3) is 0 Å². The lowest BCUT2D eigenvalue weighted by Gasteiger charge is -2.41. The minimum atomic E-state index is 0.0994. The van der Waals surface area contributed by atoms with Gasteiger partial charge in [0.2, 0.25) is 0 Å². The predicted molar refractivity (Wildman–Crippen MR) is 86.5 cm³/mol. The summed E-state index contributed by atoms with van der Waals surface area (Å²) in [5, 5.41) is 0. The number of carbonyl (C=O) groups is 1. The van der Waals surface area contributed by atoms with Crippen LogP contribution in [0, 0.1) is 0 Å². The van der Waals surface area contributed by atoms with E-state index in [0.717, 1.165) is 18.5 Å². The third-order valence-corrected chi connectivity index (χ3v) is 4.33. The van der Waals surface area contributed by atoms with Crippen LogP contribution in [0.3, 0.4) is 0 Å². The largest absolute Gasteiger partial charge is 0.383 e. The van der Waals surface area contributed by atoms with Crippen LogP contribution in [0.2, 0.25) is 0 Å². The highest BCUT2D eigenvalue weighted by atomic mass is 16.5. The Morgan fingerprint density at radius 1 is 1.36 bits per heavy atom. The molecule has 5 nitrogen and oxygen atoms in total. The monoisotopic (exact) mass is 305 g/mol. The fraction of sp³-hybridized carbons (Fsp3) is 0.647. The smallest absolute Gasteiger partial charge is 0.320 e. The Hall–Kier alpha value is -1.62. The van der Waals surface area contributed by atoms with Crippen molar-refractivity contribution in [1.82, 2.24) is 14.8 Å². The summed E-state index contributed by atoms with van der Waals surface area (Å²) in [6.07, 6.45) is 5.13. The van der Waals surface area contributed by atoms with Crippen molar-refractivity contribution in [2.75, 3.05) is 20.3 Å². The molecule has 0 radical (unpaired) electrons. The summed E-state index contributed by atoms with van der Waals surface area (Å²) in [4.78, 5) is 21.2. The number of nitrogens with zero attached hydrogens (tertiary/aromatic N) is 3. The van der Waals surface area contributed by atoms with Crippen molar-refractivity contribution >= 4 is 6.03 Å². The maximum Gasteiger partial charge on any atom is 0.320 e. The molecule has 0 bridgehead atoms. The number of rotatable bonds is 5. The van der Waals surface area contributed by atoms with Gasteiger partial charge in [0.1, 0.15) is 0 Å². The molecule has 1 aromatic heterocycles. The molecule has 22 heavy (non-hydrogen) atoms. The first-order chi connectivity index (χ1) is 10.6. The minimum absolute atomic E-state index is 0.0994. The number of urea groups is 1. The zero-order valence-electron chi connectivity index (χ0n) is 13.9. The summed E-state index contributed by atoms with van der Waals surface area (Å²) in [7, 11) is 1.66. The second-order valence-electron chi connectivity index (χ2n) is 6.05. The Morgan fingerprint density at radius 2 is 2.09 bits per heavy atom. The molecule has 0 spiro atoms. The molecule has 0 aromatic carbocycles. The van der Waals surface area contributed by atoms with E-state index in [0.29, 0.717) is 31.8 Å². The van der Waals surface area contributed by atoms with E-state index >= 15 is 0 Å². The zero-order chi connectivity index (χ0) is 15.9. The van der Waals surface area contributed by atoms with Crippen molar-refractivity contribution in [2.24, 2.45) is 0 Å². The van der Waals surface area contributed by atoms with Crippen LogP contribution in [0.4, 0.5) is 4.79 Å². The summed E-state index contributed by atoms with van der Waals surface area (Å²) < 4.78 is 5.17. The molecule has 2 rings (SSSR count). The molecular formula is C17H27N3O2. The lowest BCUT2D eigenvalue weighted by atomic mass is 9.98. The van der Waals surface area contributed by atoms with Gasteiger partial charge in [0.25, 0.3) is 0 Å². The molecular weight excluding hydrogens is 278 g/mol. The molecule has 1 saturated heterocycles. The normalized spacial score (nSPS) is 21.7. The van der Waals surface area contributed by atoms with Gasteiger partial charge in [0.05, 0.1) is 18.8 Å². The van der Waals surface area contributed by atoms with Gasteiger partial charge in [0.15, 0.2) is 0 Å². The van der Waals surface area contributed by atoms with Gasteiger partial charge in [0, 0.05) is 31.9 Å². The fourth-order valence-electron chi connectivity index (χ4n) is 3.09. The Bertz CT molecular complexity index is 456. The van der Waals surface area contributed by atoms with Crippen LogP contribution < -0.4 is 0 Å². The summed E-state index contributed by atoms with van der Waals surface area (Å²) in [6.45, 7) is 5.93. The van der Waals surface area contributed by atoms with E-state index in [-0.39, 0.29) is 6.03 Å². The number of aromatic nitrogens is 1. The molecule has 5 heteroatoms. The molecule has 122 valence electrons. The van der Waals surface area contributed by atoms with Crippen molar-refractivity contribution in [1.29, 1.82) is 0 Å². The van der Waals surface area contributed by atoms with Crippen molar-refractivity contribution in [3.05, 3.63) is 30.1 Å². The van der Waals surface area contributed by atoms with Gasteiger partial charge in [-0.05, 0) is 45.2 Å². The summed E-state index contributed by atoms with van der Waals surface area (Å²) >= 11 is 0. The molecule has 2 atom stereocenters. The molecule has 2 heterocycles. The first-order valence-corrected chi connectivity index (χ1v) is 8.09. The van der Waals surface area contributed by atoms with Gasteiger partial charge < -0.3 is 14.5 Å². The van der Waals surface area contributed by atoms with E-state index in [2.05, 4.69) is 18.8 Å². The lowest BCUT2D eigenvalue weighted by Crippen LogP contribution is -2.53.